The SMILES string of the molecule is C[C@@H](Oc1ccc(-c2ccccc2)c(F)c1)c1ccn(C(=O)/C=C/c2ccc(OCc3ccccc3)cc2)n1. The normalized spacial score (nSPS) is 11.8. The highest BCUT2D eigenvalue weighted by Gasteiger charge is 2.14. The maximum atomic E-state index is 14.7. The molecule has 1 atom stereocenters. The Morgan fingerprint density at radius 3 is 2.31 bits per heavy atom. The van der Waals surface area contributed by atoms with Crippen LogP contribution in [0.15, 0.2) is 121 Å². The highest BCUT2D eigenvalue weighted by atomic mass is 19.1. The van der Waals surface area contributed by atoms with E-state index in [0.29, 0.717) is 23.6 Å². The molecule has 0 spiro atoms. The molecule has 5 rings (SSSR count). The summed E-state index contributed by atoms with van der Waals surface area (Å²) in [4.78, 5) is 12.7. The van der Waals surface area contributed by atoms with Gasteiger partial charge < -0.3 is 9.47 Å². The molecule has 6 heteroatoms. The van der Waals surface area contributed by atoms with Crippen molar-refractivity contribution in [1.29, 1.82) is 0 Å². The number of carbonyl (C=O) groups is 1. The van der Waals surface area contributed by atoms with Crippen molar-refractivity contribution in [3.63, 3.8) is 0 Å². The minimum atomic E-state index is -0.478. The third-order valence-corrected chi connectivity index (χ3v) is 6.14. The molecule has 1 aromatic heterocycles. The van der Waals surface area contributed by atoms with Gasteiger partial charge in [0.1, 0.15) is 35.7 Å². The van der Waals surface area contributed by atoms with Gasteiger partial charge in [0, 0.05) is 23.9 Å². The molecular formula is C33H27FN2O3. The second kappa shape index (κ2) is 12.0. The number of allylic oxidation sites excluding steroid dienone is 1. The van der Waals surface area contributed by atoms with Crippen LogP contribution >= 0.6 is 0 Å². The third-order valence-electron chi connectivity index (χ3n) is 6.14. The second-order valence-corrected chi connectivity index (χ2v) is 8.97. The molecule has 5 nitrogen and oxygen atoms in total. The molecule has 0 N–H and O–H groups in total. The molecule has 0 fully saturated rings. The van der Waals surface area contributed by atoms with Crippen LogP contribution in [-0.4, -0.2) is 15.7 Å². The van der Waals surface area contributed by atoms with Crippen LogP contribution in [-0.2, 0) is 6.61 Å². The van der Waals surface area contributed by atoms with E-state index in [1.54, 1.807) is 37.4 Å². The summed E-state index contributed by atoms with van der Waals surface area (Å²) in [7, 11) is 0. The summed E-state index contributed by atoms with van der Waals surface area (Å²) in [6.45, 7) is 2.30. The third kappa shape index (κ3) is 6.67. The zero-order valence-corrected chi connectivity index (χ0v) is 21.4. The molecule has 0 bridgehead atoms. The van der Waals surface area contributed by atoms with Crippen LogP contribution in [0, 0.1) is 5.82 Å². The molecule has 39 heavy (non-hydrogen) atoms. The Hall–Kier alpha value is -4.97. The van der Waals surface area contributed by atoms with Gasteiger partial charge in [0.15, 0.2) is 0 Å². The van der Waals surface area contributed by atoms with Crippen molar-refractivity contribution in [2.45, 2.75) is 19.6 Å². The average Bonchev–Trinajstić information content (AvgIpc) is 3.47. The summed E-state index contributed by atoms with van der Waals surface area (Å²) in [5.41, 5.74) is 3.82. The van der Waals surface area contributed by atoms with E-state index in [1.165, 1.54) is 16.8 Å². The van der Waals surface area contributed by atoms with Gasteiger partial charge in [0.25, 0.3) is 5.91 Å². The van der Waals surface area contributed by atoms with Crippen molar-refractivity contribution in [3.05, 3.63) is 144 Å². The van der Waals surface area contributed by atoms with Crippen LogP contribution in [0.4, 0.5) is 4.39 Å². The molecule has 5 aromatic rings. The van der Waals surface area contributed by atoms with E-state index >= 15 is 0 Å². The first-order valence-electron chi connectivity index (χ1n) is 12.6. The maximum absolute atomic E-state index is 14.7. The number of nitrogens with zero attached hydrogens (tertiary/aromatic N) is 2. The van der Waals surface area contributed by atoms with E-state index in [4.69, 9.17) is 9.47 Å². The van der Waals surface area contributed by atoms with Crippen molar-refractivity contribution in [1.82, 2.24) is 9.78 Å². The molecule has 194 valence electrons. The van der Waals surface area contributed by atoms with Crippen molar-refractivity contribution in [2.75, 3.05) is 0 Å². The quantitative estimate of drug-likeness (QED) is 0.187. The van der Waals surface area contributed by atoms with E-state index in [1.807, 2.05) is 84.9 Å². The van der Waals surface area contributed by atoms with Crippen molar-refractivity contribution < 1.29 is 18.7 Å². The lowest BCUT2D eigenvalue weighted by atomic mass is 10.1. The number of hydrogen-bond acceptors (Lipinski definition) is 4. The molecule has 0 amide bonds. The molecule has 4 aromatic carbocycles. The Kier molecular flexibility index (Phi) is 7.93. The van der Waals surface area contributed by atoms with Crippen molar-refractivity contribution >= 4 is 12.0 Å². The Morgan fingerprint density at radius 1 is 0.897 bits per heavy atom. The smallest absolute Gasteiger partial charge is 0.270 e. The largest absolute Gasteiger partial charge is 0.489 e. The van der Waals surface area contributed by atoms with E-state index in [9.17, 15) is 9.18 Å². The molecular weight excluding hydrogens is 491 g/mol. The number of carbonyl (C=O) groups excluding carboxylic acids is 1. The number of aromatic nitrogens is 2. The first kappa shape index (κ1) is 25.7. The number of halogens is 1. The minimum Gasteiger partial charge on any atom is -0.489 e. The summed E-state index contributed by atoms with van der Waals surface area (Å²) >= 11 is 0. The average molecular weight is 519 g/mol. The van der Waals surface area contributed by atoms with Gasteiger partial charge in [-0.15, -0.1) is 0 Å². The summed E-state index contributed by atoms with van der Waals surface area (Å²) in [6.07, 6.45) is 4.29. The van der Waals surface area contributed by atoms with E-state index in [0.717, 1.165) is 22.4 Å². The molecule has 1 heterocycles. The van der Waals surface area contributed by atoms with E-state index < -0.39 is 6.10 Å². The Labute approximate surface area is 226 Å². The Balaban J connectivity index is 1.16. The minimum absolute atomic E-state index is 0.295. The lowest BCUT2D eigenvalue weighted by Crippen LogP contribution is -2.10. The van der Waals surface area contributed by atoms with Crippen LogP contribution in [0.2, 0.25) is 0 Å². The van der Waals surface area contributed by atoms with Crippen LogP contribution in [0.1, 0.15) is 34.6 Å². The van der Waals surface area contributed by atoms with Gasteiger partial charge in [0.05, 0.1) is 0 Å². The fraction of sp³-hybridized carbons (Fsp3) is 0.0909. The van der Waals surface area contributed by atoms with Crippen LogP contribution in [0.3, 0.4) is 0 Å². The second-order valence-electron chi connectivity index (χ2n) is 8.97. The molecule has 0 saturated carbocycles. The van der Waals surface area contributed by atoms with Gasteiger partial charge in [-0.05, 0) is 60.0 Å². The lowest BCUT2D eigenvalue weighted by molar-refractivity contribution is 0.0953. The summed E-state index contributed by atoms with van der Waals surface area (Å²) in [5.74, 6) is 0.475. The van der Waals surface area contributed by atoms with Gasteiger partial charge in [-0.1, -0.05) is 72.8 Å². The molecule has 0 aliphatic heterocycles. The van der Waals surface area contributed by atoms with Crippen LogP contribution in [0.25, 0.3) is 17.2 Å². The Morgan fingerprint density at radius 2 is 1.59 bits per heavy atom. The molecule has 0 aliphatic rings. The van der Waals surface area contributed by atoms with Crippen molar-refractivity contribution in [3.8, 4) is 22.6 Å². The maximum Gasteiger partial charge on any atom is 0.270 e. The molecule has 0 saturated heterocycles. The topological polar surface area (TPSA) is 53.4 Å². The monoisotopic (exact) mass is 518 g/mol. The lowest BCUT2D eigenvalue weighted by Gasteiger charge is -2.13. The predicted octanol–water partition coefficient (Wildman–Crippen LogP) is 7.76. The standard InChI is InChI=1S/C33H27FN2O3/c1-24(39-29-17-18-30(31(34)22-29)27-10-6-3-7-11-27)32-20-21-36(35-32)33(37)19-14-25-12-15-28(16-13-25)38-23-26-8-4-2-5-9-26/h2-22,24H,23H2,1H3/b19-14+/t24-/m1/s1. The first-order chi connectivity index (χ1) is 19.0. The molecule has 0 radical (unpaired) electrons. The van der Waals surface area contributed by atoms with Gasteiger partial charge >= 0.3 is 0 Å². The van der Waals surface area contributed by atoms with Crippen LogP contribution < -0.4 is 9.47 Å². The van der Waals surface area contributed by atoms with Gasteiger partial charge in [0.2, 0.25) is 0 Å². The zero-order chi connectivity index (χ0) is 27.0. The zero-order valence-electron chi connectivity index (χ0n) is 21.4. The Bertz CT molecular complexity index is 1560. The van der Waals surface area contributed by atoms with E-state index in [-0.39, 0.29) is 11.7 Å². The van der Waals surface area contributed by atoms with Gasteiger partial charge in [-0.25, -0.2) is 9.07 Å². The van der Waals surface area contributed by atoms with E-state index in [2.05, 4.69) is 5.10 Å². The first-order valence-corrected chi connectivity index (χ1v) is 12.6. The molecule has 0 aliphatic carbocycles. The van der Waals surface area contributed by atoms with Gasteiger partial charge in [-0.3, -0.25) is 4.79 Å². The number of benzene rings is 4. The predicted molar refractivity (Wildman–Crippen MR) is 150 cm³/mol. The highest BCUT2D eigenvalue weighted by molar-refractivity contribution is 5.93. The summed E-state index contributed by atoms with van der Waals surface area (Å²) < 4.78 is 27.6. The fourth-order valence-electron chi connectivity index (χ4n) is 4.02. The number of ether oxygens (including phenoxy) is 2. The number of hydrogen-bond donors (Lipinski definition) is 0. The fourth-order valence-corrected chi connectivity index (χ4v) is 4.02. The van der Waals surface area contributed by atoms with Crippen molar-refractivity contribution in [2.24, 2.45) is 0 Å². The summed E-state index contributed by atoms with van der Waals surface area (Å²) in [6, 6.07) is 33.3. The van der Waals surface area contributed by atoms with Gasteiger partial charge in [-0.2, -0.15) is 5.10 Å². The summed E-state index contributed by atoms with van der Waals surface area (Å²) in [5, 5.41) is 4.35. The molecule has 0 unspecified atom stereocenters. The number of rotatable bonds is 9. The van der Waals surface area contributed by atoms with Crippen LogP contribution in [0.5, 0.6) is 11.5 Å². The highest BCUT2D eigenvalue weighted by Crippen LogP contribution is 2.28.